The first-order valence-electron chi connectivity index (χ1n) is 8.43. The third kappa shape index (κ3) is 4.58. The van der Waals surface area contributed by atoms with Crippen molar-refractivity contribution in [3.05, 3.63) is 54.1 Å². The maximum atomic E-state index is 12.5. The highest BCUT2D eigenvalue weighted by molar-refractivity contribution is 8.00. The second-order valence-electron chi connectivity index (χ2n) is 7.06. The summed E-state index contributed by atoms with van der Waals surface area (Å²) in [5, 5.41) is 2.74. The number of hydrogen-bond donors (Lipinski definition) is 1. The van der Waals surface area contributed by atoms with E-state index in [2.05, 4.69) is 5.32 Å². The quantitative estimate of drug-likeness (QED) is 0.853. The van der Waals surface area contributed by atoms with Crippen molar-refractivity contribution in [3.8, 4) is 0 Å². The first-order chi connectivity index (χ1) is 12.3. The number of rotatable bonds is 3. The van der Waals surface area contributed by atoms with Crippen LogP contribution in [0.2, 0.25) is 0 Å². The normalized spacial score (nSPS) is 14.0. The van der Waals surface area contributed by atoms with Gasteiger partial charge in [-0.25, -0.2) is 4.79 Å². The first kappa shape index (κ1) is 18.3. The molecule has 0 radical (unpaired) electrons. The minimum absolute atomic E-state index is 0.0563. The Labute approximate surface area is 157 Å². The number of thioether (sulfide) groups is 1. The molecule has 1 heterocycles. The van der Waals surface area contributed by atoms with Crippen LogP contribution in [0.3, 0.4) is 0 Å². The fraction of sp³-hybridized carbons (Fsp3) is 0.300. The standard InChI is InChI=1S/C20H22N2O3S/c1-20(2,3)25-19(24)21-15-9-10-17-16(11-15)22(18(23)13-26-17)12-14-7-5-4-6-8-14/h4-11H,12-13H2,1-3H3,(H,21,24). The van der Waals surface area contributed by atoms with Gasteiger partial charge in [-0.15, -0.1) is 11.8 Å². The van der Waals surface area contributed by atoms with Crippen molar-refractivity contribution in [2.75, 3.05) is 16.0 Å². The number of nitrogens with zero attached hydrogens (tertiary/aromatic N) is 1. The van der Waals surface area contributed by atoms with Gasteiger partial charge in [-0.2, -0.15) is 0 Å². The Morgan fingerprint density at radius 2 is 1.92 bits per heavy atom. The lowest BCUT2D eigenvalue weighted by molar-refractivity contribution is -0.116. The molecule has 3 rings (SSSR count). The molecule has 2 amide bonds. The summed E-state index contributed by atoms with van der Waals surface area (Å²) in [6, 6.07) is 15.4. The third-order valence-corrected chi connectivity index (χ3v) is 4.78. The lowest BCUT2D eigenvalue weighted by Gasteiger charge is -2.29. The molecular formula is C20H22N2O3S. The molecule has 0 saturated heterocycles. The number of amides is 2. The predicted octanol–water partition coefficient (Wildman–Crippen LogP) is 4.67. The van der Waals surface area contributed by atoms with Crippen molar-refractivity contribution in [1.82, 2.24) is 0 Å². The predicted molar refractivity (Wildman–Crippen MR) is 105 cm³/mol. The van der Waals surface area contributed by atoms with E-state index in [9.17, 15) is 9.59 Å². The van der Waals surface area contributed by atoms with Crippen LogP contribution in [0, 0.1) is 0 Å². The molecule has 2 aromatic rings. The van der Waals surface area contributed by atoms with Crippen LogP contribution < -0.4 is 10.2 Å². The highest BCUT2D eigenvalue weighted by Crippen LogP contribution is 2.38. The number of ether oxygens (including phenoxy) is 1. The van der Waals surface area contributed by atoms with Gasteiger partial charge in [0.25, 0.3) is 0 Å². The smallest absolute Gasteiger partial charge is 0.412 e. The van der Waals surface area contributed by atoms with E-state index in [1.165, 1.54) is 11.8 Å². The van der Waals surface area contributed by atoms with Gasteiger partial charge < -0.3 is 9.64 Å². The molecule has 0 atom stereocenters. The van der Waals surface area contributed by atoms with Crippen molar-refractivity contribution in [1.29, 1.82) is 0 Å². The average molecular weight is 370 g/mol. The number of benzene rings is 2. The van der Waals surface area contributed by atoms with Crippen molar-refractivity contribution >= 4 is 35.1 Å². The van der Waals surface area contributed by atoms with E-state index in [0.29, 0.717) is 18.0 Å². The summed E-state index contributed by atoms with van der Waals surface area (Å²) in [6.45, 7) is 5.95. The van der Waals surface area contributed by atoms with Crippen LogP contribution in [-0.4, -0.2) is 23.4 Å². The van der Waals surface area contributed by atoms with Crippen LogP contribution in [-0.2, 0) is 16.1 Å². The zero-order chi connectivity index (χ0) is 18.7. The van der Waals surface area contributed by atoms with E-state index in [0.717, 1.165) is 16.1 Å². The van der Waals surface area contributed by atoms with E-state index in [4.69, 9.17) is 4.74 Å². The Kier molecular flexibility index (Phi) is 5.23. The maximum absolute atomic E-state index is 12.5. The summed E-state index contributed by atoms with van der Waals surface area (Å²) in [6.07, 6.45) is -0.512. The SMILES string of the molecule is CC(C)(C)OC(=O)Nc1ccc2c(c1)N(Cc1ccccc1)C(=O)CS2. The molecular weight excluding hydrogens is 348 g/mol. The molecule has 0 saturated carbocycles. The molecule has 1 aliphatic rings. The zero-order valence-electron chi connectivity index (χ0n) is 15.1. The minimum Gasteiger partial charge on any atom is -0.444 e. The molecule has 136 valence electrons. The van der Waals surface area contributed by atoms with Gasteiger partial charge in [-0.3, -0.25) is 10.1 Å². The minimum atomic E-state index is -0.566. The van der Waals surface area contributed by atoms with E-state index in [-0.39, 0.29) is 5.91 Å². The number of anilines is 2. The summed E-state index contributed by atoms with van der Waals surface area (Å²) in [7, 11) is 0. The summed E-state index contributed by atoms with van der Waals surface area (Å²) >= 11 is 1.51. The highest BCUT2D eigenvalue weighted by atomic mass is 32.2. The molecule has 0 aliphatic carbocycles. The second kappa shape index (κ2) is 7.41. The molecule has 0 spiro atoms. The average Bonchev–Trinajstić information content (AvgIpc) is 2.57. The fourth-order valence-corrected chi connectivity index (χ4v) is 3.56. The van der Waals surface area contributed by atoms with Gasteiger partial charge in [0.15, 0.2) is 0 Å². The van der Waals surface area contributed by atoms with Crippen LogP contribution in [0.15, 0.2) is 53.4 Å². The Hall–Kier alpha value is -2.47. The number of carbonyl (C=O) groups excluding carboxylic acids is 2. The maximum Gasteiger partial charge on any atom is 0.412 e. The summed E-state index contributed by atoms with van der Waals surface area (Å²) in [4.78, 5) is 27.3. The lowest BCUT2D eigenvalue weighted by Crippen LogP contribution is -2.35. The van der Waals surface area contributed by atoms with E-state index >= 15 is 0 Å². The van der Waals surface area contributed by atoms with Gasteiger partial charge in [-0.05, 0) is 44.5 Å². The Bertz CT molecular complexity index is 816. The van der Waals surface area contributed by atoms with Crippen molar-refractivity contribution < 1.29 is 14.3 Å². The topological polar surface area (TPSA) is 58.6 Å². The molecule has 1 aliphatic heterocycles. The van der Waals surface area contributed by atoms with Crippen LogP contribution >= 0.6 is 11.8 Å². The lowest BCUT2D eigenvalue weighted by atomic mass is 10.2. The van der Waals surface area contributed by atoms with Crippen LogP contribution in [0.25, 0.3) is 0 Å². The molecule has 0 fully saturated rings. The molecule has 5 nitrogen and oxygen atoms in total. The van der Waals surface area contributed by atoms with Gasteiger partial charge in [0.2, 0.25) is 5.91 Å². The van der Waals surface area contributed by atoms with Crippen molar-refractivity contribution in [3.63, 3.8) is 0 Å². The zero-order valence-corrected chi connectivity index (χ0v) is 15.9. The van der Waals surface area contributed by atoms with Crippen LogP contribution in [0.5, 0.6) is 0 Å². The van der Waals surface area contributed by atoms with Gasteiger partial charge >= 0.3 is 6.09 Å². The molecule has 6 heteroatoms. The molecule has 1 N–H and O–H groups in total. The fourth-order valence-electron chi connectivity index (χ4n) is 2.64. The number of carbonyl (C=O) groups is 2. The second-order valence-corrected chi connectivity index (χ2v) is 8.08. The van der Waals surface area contributed by atoms with E-state index in [1.807, 2.05) is 69.3 Å². The Balaban J connectivity index is 1.83. The largest absolute Gasteiger partial charge is 0.444 e. The van der Waals surface area contributed by atoms with Gasteiger partial charge in [-0.1, -0.05) is 30.3 Å². The number of hydrogen-bond acceptors (Lipinski definition) is 4. The molecule has 26 heavy (non-hydrogen) atoms. The number of fused-ring (bicyclic) bond motifs is 1. The highest BCUT2D eigenvalue weighted by Gasteiger charge is 2.25. The van der Waals surface area contributed by atoms with Crippen molar-refractivity contribution in [2.45, 2.75) is 37.8 Å². The summed E-state index contributed by atoms with van der Waals surface area (Å²) in [5.74, 6) is 0.472. The molecule has 0 unspecified atom stereocenters. The Morgan fingerprint density at radius 3 is 2.62 bits per heavy atom. The number of nitrogens with one attached hydrogen (secondary N) is 1. The van der Waals surface area contributed by atoms with Crippen molar-refractivity contribution in [2.24, 2.45) is 0 Å². The van der Waals surface area contributed by atoms with Crippen LogP contribution in [0.1, 0.15) is 26.3 Å². The first-order valence-corrected chi connectivity index (χ1v) is 9.41. The van der Waals surface area contributed by atoms with Gasteiger partial charge in [0.1, 0.15) is 5.60 Å². The monoisotopic (exact) mass is 370 g/mol. The summed E-state index contributed by atoms with van der Waals surface area (Å²) in [5.41, 5.74) is 1.91. The molecule has 0 bridgehead atoms. The Morgan fingerprint density at radius 1 is 1.19 bits per heavy atom. The van der Waals surface area contributed by atoms with E-state index in [1.54, 1.807) is 4.90 Å². The molecule has 0 aromatic heterocycles. The van der Waals surface area contributed by atoms with Gasteiger partial charge in [0, 0.05) is 10.6 Å². The van der Waals surface area contributed by atoms with Gasteiger partial charge in [0.05, 0.1) is 18.0 Å². The third-order valence-electron chi connectivity index (χ3n) is 3.73. The van der Waals surface area contributed by atoms with Crippen LogP contribution in [0.4, 0.5) is 16.2 Å². The van der Waals surface area contributed by atoms with E-state index < -0.39 is 11.7 Å². The molecule has 2 aromatic carbocycles. The summed E-state index contributed by atoms with van der Waals surface area (Å²) < 4.78 is 5.29.